The van der Waals surface area contributed by atoms with Crippen LogP contribution in [0.15, 0.2) is 48.5 Å². The van der Waals surface area contributed by atoms with Crippen molar-refractivity contribution in [2.24, 2.45) is 0 Å². The molecule has 0 spiro atoms. The third-order valence-electron chi connectivity index (χ3n) is 5.02. The quantitative estimate of drug-likeness (QED) is 0.697. The Morgan fingerprint density at radius 3 is 2.76 bits per heavy atom. The van der Waals surface area contributed by atoms with Crippen LogP contribution in [0.4, 0.5) is 10.5 Å². The number of piperidine rings is 1. The largest absolute Gasteiger partial charge is 0.383 e. The molecule has 154 valence electrons. The summed E-state index contributed by atoms with van der Waals surface area (Å²) in [7, 11) is 1.60. The number of rotatable bonds is 6. The van der Waals surface area contributed by atoms with E-state index in [1.54, 1.807) is 37.4 Å². The van der Waals surface area contributed by atoms with Crippen LogP contribution in [0.25, 0.3) is 0 Å². The summed E-state index contributed by atoms with van der Waals surface area (Å²) in [5, 5.41) is 6.39. The average Bonchev–Trinajstić information content (AvgIpc) is 2.75. The van der Waals surface area contributed by atoms with E-state index in [0.29, 0.717) is 36.8 Å². The average molecular weight is 416 g/mol. The predicted molar refractivity (Wildman–Crippen MR) is 115 cm³/mol. The van der Waals surface area contributed by atoms with Gasteiger partial charge in [-0.15, -0.1) is 0 Å². The van der Waals surface area contributed by atoms with Gasteiger partial charge in [-0.1, -0.05) is 23.7 Å². The lowest BCUT2D eigenvalue weighted by molar-refractivity contribution is 0.0937. The molecule has 3 rings (SSSR count). The van der Waals surface area contributed by atoms with Crippen LogP contribution in [0.1, 0.15) is 34.7 Å². The Balaban J connectivity index is 1.62. The zero-order valence-corrected chi connectivity index (χ0v) is 17.2. The number of amides is 3. The van der Waals surface area contributed by atoms with Crippen LogP contribution >= 0.6 is 11.6 Å². The van der Waals surface area contributed by atoms with Crippen molar-refractivity contribution in [1.82, 2.24) is 10.2 Å². The fourth-order valence-corrected chi connectivity index (χ4v) is 3.60. The molecule has 1 saturated heterocycles. The molecule has 0 saturated carbocycles. The molecule has 0 bridgehead atoms. The van der Waals surface area contributed by atoms with E-state index in [0.717, 1.165) is 24.1 Å². The summed E-state index contributed by atoms with van der Waals surface area (Å²) in [6, 6.07) is 14.6. The van der Waals surface area contributed by atoms with Crippen LogP contribution in [0.2, 0.25) is 5.02 Å². The molecule has 2 aromatic rings. The van der Waals surface area contributed by atoms with E-state index in [2.05, 4.69) is 10.6 Å². The minimum atomic E-state index is -0.120. The zero-order valence-electron chi connectivity index (χ0n) is 16.5. The van der Waals surface area contributed by atoms with Crippen molar-refractivity contribution < 1.29 is 14.3 Å². The van der Waals surface area contributed by atoms with E-state index in [1.807, 2.05) is 23.1 Å². The molecule has 0 unspecified atom stereocenters. The number of methoxy groups -OCH3 is 1. The van der Waals surface area contributed by atoms with Gasteiger partial charge >= 0.3 is 6.03 Å². The topological polar surface area (TPSA) is 70.7 Å². The molecule has 6 nitrogen and oxygen atoms in total. The van der Waals surface area contributed by atoms with E-state index < -0.39 is 0 Å². The van der Waals surface area contributed by atoms with Gasteiger partial charge in [0.05, 0.1) is 6.61 Å². The number of benzene rings is 2. The number of anilines is 1. The number of nitrogens with one attached hydrogen (secondary N) is 2. The summed E-state index contributed by atoms with van der Waals surface area (Å²) in [5.74, 6) is 0.0866. The van der Waals surface area contributed by atoms with E-state index in [-0.39, 0.29) is 17.9 Å². The molecule has 3 amide bonds. The second kappa shape index (κ2) is 10.3. The summed E-state index contributed by atoms with van der Waals surface area (Å²) >= 11 is 5.90. The maximum absolute atomic E-state index is 12.7. The Morgan fingerprint density at radius 2 is 2.00 bits per heavy atom. The molecule has 0 aromatic heterocycles. The number of urea groups is 1. The number of carbonyl (C=O) groups is 2. The van der Waals surface area contributed by atoms with Crippen molar-refractivity contribution >= 4 is 29.2 Å². The maximum atomic E-state index is 12.7. The first-order chi connectivity index (χ1) is 14.1. The molecule has 1 aliphatic rings. The van der Waals surface area contributed by atoms with Gasteiger partial charge in [0.15, 0.2) is 0 Å². The van der Waals surface area contributed by atoms with E-state index in [1.165, 1.54) is 0 Å². The van der Waals surface area contributed by atoms with Crippen LogP contribution in [0.5, 0.6) is 0 Å². The Bertz CT molecular complexity index is 841. The number of nitrogens with zero attached hydrogens (tertiary/aromatic N) is 1. The van der Waals surface area contributed by atoms with Crippen molar-refractivity contribution in [1.29, 1.82) is 0 Å². The molecular weight excluding hydrogens is 390 g/mol. The lowest BCUT2D eigenvalue weighted by Gasteiger charge is -2.33. The predicted octanol–water partition coefficient (Wildman–Crippen LogP) is 4.13. The first-order valence-electron chi connectivity index (χ1n) is 9.75. The van der Waals surface area contributed by atoms with Crippen molar-refractivity contribution in [3.8, 4) is 0 Å². The van der Waals surface area contributed by atoms with Crippen molar-refractivity contribution in [3.05, 3.63) is 64.7 Å². The summed E-state index contributed by atoms with van der Waals surface area (Å²) in [4.78, 5) is 26.8. The summed E-state index contributed by atoms with van der Waals surface area (Å²) < 4.78 is 4.96. The van der Waals surface area contributed by atoms with E-state index >= 15 is 0 Å². The van der Waals surface area contributed by atoms with E-state index in [4.69, 9.17) is 16.3 Å². The first-order valence-corrected chi connectivity index (χ1v) is 10.1. The third kappa shape index (κ3) is 5.95. The van der Waals surface area contributed by atoms with E-state index in [9.17, 15) is 9.59 Å². The van der Waals surface area contributed by atoms with Gasteiger partial charge in [-0.3, -0.25) is 4.79 Å². The minimum absolute atomic E-state index is 0.114. The lowest BCUT2D eigenvalue weighted by atomic mass is 9.89. The van der Waals surface area contributed by atoms with Gasteiger partial charge in [-0.05, 0) is 54.8 Å². The van der Waals surface area contributed by atoms with Gasteiger partial charge in [0.25, 0.3) is 5.91 Å². The highest BCUT2D eigenvalue weighted by molar-refractivity contribution is 6.30. The van der Waals surface area contributed by atoms with Gasteiger partial charge in [0.2, 0.25) is 0 Å². The van der Waals surface area contributed by atoms with Gasteiger partial charge in [0, 0.05) is 48.9 Å². The van der Waals surface area contributed by atoms with Gasteiger partial charge < -0.3 is 20.3 Å². The first kappa shape index (κ1) is 21.1. The number of hydrogen-bond acceptors (Lipinski definition) is 3. The van der Waals surface area contributed by atoms with Crippen molar-refractivity contribution in [3.63, 3.8) is 0 Å². The lowest BCUT2D eigenvalue weighted by Crippen LogP contribution is -2.41. The SMILES string of the molecule is COCCNC(=O)c1cccc([C@H]2CCCN(C(=O)Nc3ccc(Cl)cc3)C2)c1. The molecule has 0 aliphatic carbocycles. The van der Waals surface area contributed by atoms with Crippen LogP contribution in [-0.2, 0) is 4.74 Å². The molecule has 1 aliphatic heterocycles. The standard InChI is InChI=1S/C22H26ClN3O3/c1-29-13-11-24-21(27)17-5-2-4-16(14-17)18-6-3-12-26(15-18)22(28)25-20-9-7-19(23)8-10-20/h2,4-5,7-10,14,18H,3,6,11-13,15H2,1H3,(H,24,27)(H,25,28)/t18-/m0/s1. The number of hydrogen-bond donors (Lipinski definition) is 2. The maximum Gasteiger partial charge on any atom is 0.321 e. The number of carbonyl (C=O) groups excluding carboxylic acids is 2. The smallest absolute Gasteiger partial charge is 0.321 e. The molecule has 2 N–H and O–H groups in total. The Morgan fingerprint density at radius 1 is 1.21 bits per heavy atom. The second-order valence-corrected chi connectivity index (χ2v) is 7.53. The summed E-state index contributed by atoms with van der Waals surface area (Å²) in [6.07, 6.45) is 1.91. The molecular formula is C22H26ClN3O3. The van der Waals surface area contributed by atoms with Crippen molar-refractivity contribution in [2.45, 2.75) is 18.8 Å². The highest BCUT2D eigenvalue weighted by atomic mass is 35.5. The Hall–Kier alpha value is -2.57. The Labute approximate surface area is 176 Å². The van der Waals surface area contributed by atoms with Crippen LogP contribution < -0.4 is 10.6 Å². The molecule has 2 aromatic carbocycles. The van der Waals surface area contributed by atoms with Crippen LogP contribution in [-0.4, -0.2) is 50.2 Å². The van der Waals surface area contributed by atoms with Gasteiger partial charge in [0.1, 0.15) is 0 Å². The van der Waals surface area contributed by atoms with Crippen molar-refractivity contribution in [2.75, 3.05) is 38.7 Å². The number of likely N-dealkylation sites (tertiary alicyclic amines) is 1. The number of ether oxygens (including phenoxy) is 1. The molecule has 7 heteroatoms. The highest BCUT2D eigenvalue weighted by Crippen LogP contribution is 2.28. The highest BCUT2D eigenvalue weighted by Gasteiger charge is 2.25. The van der Waals surface area contributed by atoms with Crippen LogP contribution in [0, 0.1) is 0 Å². The third-order valence-corrected chi connectivity index (χ3v) is 5.27. The molecule has 0 radical (unpaired) electrons. The number of halogens is 1. The second-order valence-electron chi connectivity index (χ2n) is 7.10. The molecule has 29 heavy (non-hydrogen) atoms. The van der Waals surface area contributed by atoms with Gasteiger partial charge in [-0.25, -0.2) is 4.79 Å². The monoisotopic (exact) mass is 415 g/mol. The zero-order chi connectivity index (χ0) is 20.6. The fourth-order valence-electron chi connectivity index (χ4n) is 3.47. The summed E-state index contributed by atoms with van der Waals surface area (Å²) in [6.45, 7) is 2.29. The van der Waals surface area contributed by atoms with Crippen LogP contribution in [0.3, 0.4) is 0 Å². The molecule has 1 fully saturated rings. The Kier molecular flexibility index (Phi) is 7.49. The fraction of sp³-hybridized carbons (Fsp3) is 0.364. The normalized spacial score (nSPS) is 16.3. The minimum Gasteiger partial charge on any atom is -0.383 e. The molecule has 1 atom stereocenters. The van der Waals surface area contributed by atoms with Gasteiger partial charge in [-0.2, -0.15) is 0 Å². The summed E-state index contributed by atoms with van der Waals surface area (Å²) in [5.41, 5.74) is 2.42. The molecule has 1 heterocycles.